The van der Waals surface area contributed by atoms with E-state index >= 15 is 0 Å². The Balaban J connectivity index is 2.15. The van der Waals surface area contributed by atoms with Crippen LogP contribution in [0.1, 0.15) is 6.92 Å². The smallest absolute Gasteiger partial charge is 0.283 e. The minimum atomic E-state index is -3.86. The predicted octanol–water partition coefficient (Wildman–Crippen LogP) is 0.813. The second-order valence-electron chi connectivity index (χ2n) is 4.00. The highest BCUT2D eigenvalue weighted by Crippen LogP contribution is 2.24. The lowest BCUT2D eigenvalue weighted by atomic mass is 10.5. The maximum Gasteiger partial charge on any atom is 0.283 e. The van der Waals surface area contributed by atoms with Gasteiger partial charge in [-0.15, -0.1) is 0 Å². The van der Waals surface area contributed by atoms with Gasteiger partial charge >= 0.3 is 0 Å². The number of nitrogens with one attached hydrogen (secondary N) is 2. The number of fused-ring (bicyclic) bond motifs is 1. The van der Waals surface area contributed by atoms with Gasteiger partial charge in [0.1, 0.15) is 5.65 Å². The van der Waals surface area contributed by atoms with Crippen LogP contribution in [-0.4, -0.2) is 39.1 Å². The molecule has 0 fully saturated rings. The van der Waals surface area contributed by atoms with Gasteiger partial charge in [0.25, 0.3) is 10.0 Å². The number of aromatic nitrogens is 5. The lowest BCUT2D eigenvalue weighted by molar-refractivity contribution is 0.596. The summed E-state index contributed by atoms with van der Waals surface area (Å²) in [5.74, 6) is 0.286. The van der Waals surface area contributed by atoms with E-state index in [9.17, 15) is 8.42 Å². The van der Waals surface area contributed by atoms with Gasteiger partial charge in [-0.1, -0.05) is 15.7 Å². The van der Waals surface area contributed by atoms with Crippen molar-refractivity contribution in [3.63, 3.8) is 0 Å². The molecule has 0 bridgehead atoms. The van der Waals surface area contributed by atoms with Crippen molar-refractivity contribution in [2.75, 3.05) is 16.6 Å². The Kier molecular flexibility index (Phi) is 3.43. The molecule has 0 aromatic carbocycles. The zero-order valence-corrected chi connectivity index (χ0v) is 12.5. The third-order valence-electron chi connectivity index (χ3n) is 2.61. The highest BCUT2D eigenvalue weighted by atomic mass is 32.2. The lowest BCUT2D eigenvalue weighted by Gasteiger charge is -2.07. The SMILES string of the molecule is CCNc1nc2ccccn2c1S(=O)(=O)Nc1nnns1. The Morgan fingerprint density at radius 2 is 2.24 bits per heavy atom. The number of anilines is 2. The fourth-order valence-electron chi connectivity index (χ4n) is 1.85. The number of hydrogen-bond acceptors (Lipinski definition) is 8. The zero-order chi connectivity index (χ0) is 14.9. The minimum Gasteiger partial charge on any atom is -0.368 e. The lowest BCUT2D eigenvalue weighted by Crippen LogP contribution is -2.17. The first kappa shape index (κ1) is 13.7. The molecule has 0 aliphatic carbocycles. The van der Waals surface area contributed by atoms with Crippen LogP contribution in [0.2, 0.25) is 0 Å². The topological polar surface area (TPSA) is 114 Å². The molecule has 3 rings (SSSR count). The van der Waals surface area contributed by atoms with Crippen LogP contribution in [0.5, 0.6) is 0 Å². The van der Waals surface area contributed by atoms with Gasteiger partial charge in [-0.2, -0.15) is 8.42 Å². The largest absolute Gasteiger partial charge is 0.368 e. The molecule has 0 saturated carbocycles. The third kappa shape index (κ3) is 2.52. The summed E-state index contributed by atoms with van der Waals surface area (Å²) in [4.78, 5) is 4.28. The van der Waals surface area contributed by atoms with Crippen LogP contribution in [0.25, 0.3) is 5.65 Å². The monoisotopic (exact) mass is 325 g/mol. The van der Waals surface area contributed by atoms with E-state index in [-0.39, 0.29) is 16.0 Å². The van der Waals surface area contributed by atoms with Gasteiger partial charge in [-0.25, -0.2) is 4.98 Å². The van der Waals surface area contributed by atoms with Gasteiger partial charge in [0, 0.05) is 24.3 Å². The number of rotatable bonds is 5. The van der Waals surface area contributed by atoms with Crippen LogP contribution in [-0.2, 0) is 10.0 Å². The average molecular weight is 325 g/mol. The first-order valence-electron chi connectivity index (χ1n) is 6.00. The Morgan fingerprint density at radius 3 is 2.95 bits per heavy atom. The molecule has 0 unspecified atom stereocenters. The summed E-state index contributed by atoms with van der Waals surface area (Å²) in [5, 5.41) is 10.0. The fourth-order valence-corrected chi connectivity index (χ4v) is 3.70. The van der Waals surface area contributed by atoms with Gasteiger partial charge in [0.05, 0.1) is 0 Å². The van der Waals surface area contributed by atoms with Crippen LogP contribution in [0.3, 0.4) is 0 Å². The van der Waals surface area contributed by atoms with Crippen molar-refractivity contribution in [1.82, 2.24) is 24.2 Å². The number of imidazole rings is 1. The fraction of sp³-hybridized carbons (Fsp3) is 0.200. The van der Waals surface area contributed by atoms with Crippen LogP contribution >= 0.6 is 11.5 Å². The molecule has 21 heavy (non-hydrogen) atoms. The summed E-state index contributed by atoms with van der Waals surface area (Å²) >= 11 is 0.859. The summed E-state index contributed by atoms with van der Waals surface area (Å²) < 4.78 is 32.5. The predicted molar refractivity (Wildman–Crippen MR) is 77.9 cm³/mol. The number of nitrogens with zero attached hydrogens (tertiary/aromatic N) is 5. The maximum atomic E-state index is 12.6. The van der Waals surface area contributed by atoms with Gasteiger partial charge in [0.15, 0.2) is 5.82 Å². The molecule has 3 heterocycles. The van der Waals surface area contributed by atoms with E-state index in [1.807, 2.05) is 6.92 Å². The van der Waals surface area contributed by atoms with Gasteiger partial charge in [-0.05, 0) is 24.3 Å². The van der Waals surface area contributed by atoms with Crippen molar-refractivity contribution >= 4 is 38.2 Å². The standard InChI is InChI=1S/C10H11N7O2S2/c1-2-11-8-9(17-6-4-3-5-7(17)12-8)21(18,19)14-10-13-15-16-20-10/h3-6,11H,2H2,1H3,(H,13,14,16). The highest BCUT2D eigenvalue weighted by Gasteiger charge is 2.26. The summed E-state index contributed by atoms with van der Waals surface area (Å²) in [6.07, 6.45) is 1.64. The molecule has 3 aromatic rings. The number of pyridine rings is 1. The molecular weight excluding hydrogens is 314 g/mol. The quantitative estimate of drug-likeness (QED) is 0.713. The molecule has 0 radical (unpaired) electrons. The zero-order valence-electron chi connectivity index (χ0n) is 10.9. The molecule has 11 heteroatoms. The van der Waals surface area contributed by atoms with Crippen molar-refractivity contribution in [2.45, 2.75) is 11.9 Å². The maximum absolute atomic E-state index is 12.6. The molecule has 0 spiro atoms. The van der Waals surface area contributed by atoms with Crippen LogP contribution in [0, 0.1) is 0 Å². The normalized spacial score (nSPS) is 11.7. The molecule has 0 aliphatic rings. The van der Waals surface area contributed by atoms with E-state index in [1.54, 1.807) is 24.4 Å². The van der Waals surface area contributed by atoms with Crippen molar-refractivity contribution in [2.24, 2.45) is 0 Å². The molecule has 0 amide bonds. The van der Waals surface area contributed by atoms with Gasteiger partial charge in [0.2, 0.25) is 10.2 Å². The summed E-state index contributed by atoms with van der Waals surface area (Å²) in [7, 11) is -3.86. The summed E-state index contributed by atoms with van der Waals surface area (Å²) in [6.45, 7) is 2.41. The summed E-state index contributed by atoms with van der Waals surface area (Å²) in [5.41, 5.74) is 0.532. The second kappa shape index (κ2) is 5.26. The Hall–Kier alpha value is -2.27. The Labute approximate surface area is 124 Å². The Bertz CT molecular complexity index is 857. The molecule has 0 aliphatic heterocycles. The van der Waals surface area contributed by atoms with E-state index in [1.165, 1.54) is 4.40 Å². The van der Waals surface area contributed by atoms with E-state index in [0.717, 1.165) is 11.5 Å². The molecule has 0 saturated heterocycles. The molecule has 0 atom stereocenters. The summed E-state index contributed by atoms with van der Waals surface area (Å²) in [6, 6.07) is 5.25. The van der Waals surface area contributed by atoms with Crippen molar-refractivity contribution in [3.05, 3.63) is 24.4 Å². The second-order valence-corrected chi connectivity index (χ2v) is 6.33. The third-order valence-corrected chi connectivity index (χ3v) is 4.61. The highest BCUT2D eigenvalue weighted by molar-refractivity contribution is 7.93. The first-order valence-corrected chi connectivity index (χ1v) is 8.26. The van der Waals surface area contributed by atoms with Gasteiger partial charge in [-0.3, -0.25) is 9.12 Å². The Morgan fingerprint density at radius 1 is 1.38 bits per heavy atom. The van der Waals surface area contributed by atoms with E-state index < -0.39 is 10.0 Å². The molecule has 3 aromatic heterocycles. The minimum absolute atomic E-state index is 0.0233. The number of hydrogen-bond donors (Lipinski definition) is 2. The van der Waals surface area contributed by atoms with Crippen LogP contribution < -0.4 is 10.0 Å². The van der Waals surface area contributed by atoms with Crippen molar-refractivity contribution < 1.29 is 8.42 Å². The molecule has 9 nitrogen and oxygen atoms in total. The van der Waals surface area contributed by atoms with Crippen LogP contribution in [0.15, 0.2) is 29.4 Å². The van der Waals surface area contributed by atoms with E-state index in [4.69, 9.17) is 0 Å². The van der Waals surface area contributed by atoms with Crippen molar-refractivity contribution in [1.29, 1.82) is 0 Å². The van der Waals surface area contributed by atoms with Crippen LogP contribution in [0.4, 0.5) is 10.9 Å². The van der Waals surface area contributed by atoms with E-state index in [0.29, 0.717) is 12.2 Å². The molecule has 2 N–H and O–H groups in total. The van der Waals surface area contributed by atoms with Gasteiger partial charge < -0.3 is 5.32 Å². The average Bonchev–Trinajstić information content (AvgIpc) is 3.05. The molecule has 110 valence electrons. The number of sulfonamides is 1. The van der Waals surface area contributed by atoms with Crippen molar-refractivity contribution in [3.8, 4) is 0 Å². The first-order chi connectivity index (χ1) is 10.1. The van der Waals surface area contributed by atoms with E-state index in [2.05, 4.69) is 29.8 Å². The molecular formula is C10H11N7O2S2.